The van der Waals surface area contributed by atoms with Crippen LogP contribution in [0.15, 0.2) is 30.3 Å². The van der Waals surface area contributed by atoms with E-state index in [4.69, 9.17) is 10.2 Å². The molecule has 0 saturated carbocycles. The highest BCUT2D eigenvalue weighted by Crippen LogP contribution is 2.23. The normalized spacial score (nSPS) is 15.4. The molecular formula is C21H30Cl2N6. The lowest BCUT2D eigenvalue weighted by Gasteiger charge is -2.20. The fraction of sp³-hybridized carbons (Fsp3) is 0.476. The number of benzene rings is 1. The Kier molecular flexibility index (Phi) is 10.2. The molecule has 1 unspecified atom stereocenters. The van der Waals surface area contributed by atoms with E-state index in [1.807, 2.05) is 18.2 Å². The molecule has 2 N–H and O–H groups in total. The lowest BCUT2D eigenvalue weighted by atomic mass is 10.2. The first kappa shape index (κ1) is 25.0. The van der Waals surface area contributed by atoms with Crippen LogP contribution in [0, 0.1) is 11.3 Å². The molecule has 1 atom stereocenters. The van der Waals surface area contributed by atoms with Crippen molar-refractivity contribution in [2.45, 2.75) is 52.1 Å². The van der Waals surface area contributed by atoms with E-state index in [-0.39, 0.29) is 24.8 Å². The number of aryl methyl sites for hydroxylation is 1. The summed E-state index contributed by atoms with van der Waals surface area (Å²) in [4.78, 5) is 11.8. The zero-order valence-corrected chi connectivity index (χ0v) is 18.8. The van der Waals surface area contributed by atoms with Crippen LogP contribution >= 0.6 is 24.8 Å². The van der Waals surface area contributed by atoms with Crippen molar-refractivity contribution in [3.63, 3.8) is 0 Å². The van der Waals surface area contributed by atoms with E-state index in [2.05, 4.69) is 53.4 Å². The predicted octanol–water partition coefficient (Wildman–Crippen LogP) is 4.46. The third-order valence-corrected chi connectivity index (χ3v) is 4.60. The molecule has 8 heteroatoms. The molecule has 0 bridgehead atoms. The third-order valence-electron chi connectivity index (χ3n) is 4.60. The molecule has 1 fully saturated rings. The van der Waals surface area contributed by atoms with Gasteiger partial charge in [0.25, 0.3) is 0 Å². The molecule has 6 nitrogen and oxygen atoms in total. The Morgan fingerprint density at radius 1 is 1.24 bits per heavy atom. The number of hydrogen-bond donors (Lipinski definition) is 2. The van der Waals surface area contributed by atoms with Crippen molar-refractivity contribution < 1.29 is 0 Å². The summed E-state index contributed by atoms with van der Waals surface area (Å²) < 4.78 is 0. The maximum atomic E-state index is 9.10. The first-order valence-electron chi connectivity index (χ1n) is 9.73. The topological polar surface area (TPSA) is 76.9 Å². The van der Waals surface area contributed by atoms with Crippen molar-refractivity contribution >= 4 is 42.3 Å². The van der Waals surface area contributed by atoms with E-state index >= 15 is 0 Å². The molecule has 0 amide bonds. The van der Waals surface area contributed by atoms with Crippen LogP contribution in [-0.2, 0) is 6.42 Å². The second-order valence-electron chi connectivity index (χ2n) is 7.36. The highest BCUT2D eigenvalue weighted by molar-refractivity contribution is 5.85. The average molecular weight is 437 g/mol. The van der Waals surface area contributed by atoms with Gasteiger partial charge in [0.15, 0.2) is 0 Å². The van der Waals surface area contributed by atoms with Gasteiger partial charge in [0.1, 0.15) is 5.82 Å². The molecule has 0 spiro atoms. The van der Waals surface area contributed by atoms with E-state index in [1.165, 1.54) is 0 Å². The minimum atomic E-state index is 0. The van der Waals surface area contributed by atoms with Gasteiger partial charge < -0.3 is 15.5 Å². The Bertz CT molecular complexity index is 821. The van der Waals surface area contributed by atoms with Crippen LogP contribution in [0.4, 0.5) is 17.5 Å². The Morgan fingerprint density at radius 2 is 2.03 bits per heavy atom. The SMILES string of the molecule is CCCc1cc(N2CCC(NC(C)C)C2)nc(Nc2cccc(C#N)c2)n1.Cl.Cl. The highest BCUT2D eigenvalue weighted by atomic mass is 35.5. The van der Waals surface area contributed by atoms with E-state index in [0.29, 0.717) is 23.6 Å². The zero-order chi connectivity index (χ0) is 19.2. The lowest BCUT2D eigenvalue weighted by molar-refractivity contribution is 0.492. The minimum absolute atomic E-state index is 0. The predicted molar refractivity (Wildman–Crippen MR) is 124 cm³/mol. The number of nitrogens with zero attached hydrogens (tertiary/aromatic N) is 4. The number of nitriles is 1. The van der Waals surface area contributed by atoms with Gasteiger partial charge in [0, 0.05) is 42.6 Å². The zero-order valence-electron chi connectivity index (χ0n) is 17.2. The minimum Gasteiger partial charge on any atom is -0.355 e. The Labute approximate surface area is 185 Å². The molecule has 0 radical (unpaired) electrons. The summed E-state index contributed by atoms with van der Waals surface area (Å²) in [5.74, 6) is 1.56. The van der Waals surface area contributed by atoms with Crippen molar-refractivity contribution in [1.29, 1.82) is 5.26 Å². The molecule has 29 heavy (non-hydrogen) atoms. The number of halogens is 2. The van der Waals surface area contributed by atoms with Crippen LogP contribution in [0.2, 0.25) is 0 Å². The van der Waals surface area contributed by atoms with Gasteiger partial charge in [0.2, 0.25) is 5.95 Å². The number of anilines is 3. The van der Waals surface area contributed by atoms with Gasteiger partial charge in [-0.15, -0.1) is 24.8 Å². The van der Waals surface area contributed by atoms with Crippen LogP contribution in [0.3, 0.4) is 0 Å². The first-order chi connectivity index (χ1) is 13.1. The van der Waals surface area contributed by atoms with E-state index in [0.717, 1.165) is 49.6 Å². The van der Waals surface area contributed by atoms with Gasteiger partial charge in [-0.3, -0.25) is 0 Å². The summed E-state index contributed by atoms with van der Waals surface area (Å²) in [6.07, 6.45) is 3.08. The number of rotatable bonds is 7. The summed E-state index contributed by atoms with van der Waals surface area (Å²) in [6, 6.07) is 12.6. The summed E-state index contributed by atoms with van der Waals surface area (Å²) in [6.45, 7) is 8.48. The van der Waals surface area contributed by atoms with Gasteiger partial charge >= 0.3 is 0 Å². The average Bonchev–Trinajstić information content (AvgIpc) is 3.10. The molecule has 1 aliphatic rings. The summed E-state index contributed by atoms with van der Waals surface area (Å²) in [5, 5.41) is 16.0. The van der Waals surface area contributed by atoms with Crippen LogP contribution < -0.4 is 15.5 Å². The van der Waals surface area contributed by atoms with Crippen molar-refractivity contribution in [2.75, 3.05) is 23.3 Å². The largest absolute Gasteiger partial charge is 0.355 e. The highest BCUT2D eigenvalue weighted by Gasteiger charge is 2.24. The van der Waals surface area contributed by atoms with Gasteiger partial charge in [0.05, 0.1) is 11.6 Å². The smallest absolute Gasteiger partial charge is 0.229 e. The van der Waals surface area contributed by atoms with Gasteiger partial charge in [-0.1, -0.05) is 33.3 Å². The van der Waals surface area contributed by atoms with E-state index in [1.54, 1.807) is 6.07 Å². The first-order valence-corrected chi connectivity index (χ1v) is 9.73. The monoisotopic (exact) mass is 436 g/mol. The lowest BCUT2D eigenvalue weighted by Crippen LogP contribution is -2.37. The molecule has 1 aliphatic heterocycles. The second kappa shape index (κ2) is 11.8. The summed E-state index contributed by atoms with van der Waals surface area (Å²) >= 11 is 0. The standard InChI is InChI=1S/C21H28N6.2ClH/c1-4-6-17-12-20(27-10-9-19(14-27)23-15(2)3)26-21(24-17)25-18-8-5-7-16(11-18)13-22;;/h5,7-8,11-12,15,19,23H,4,6,9-10,14H2,1-3H3,(H,24,25,26);2*1H. The van der Waals surface area contributed by atoms with Gasteiger partial charge in [-0.2, -0.15) is 10.2 Å². The molecule has 3 rings (SSSR count). The van der Waals surface area contributed by atoms with E-state index < -0.39 is 0 Å². The Morgan fingerprint density at radius 3 is 2.72 bits per heavy atom. The van der Waals surface area contributed by atoms with Crippen LogP contribution in [0.1, 0.15) is 44.9 Å². The second-order valence-corrected chi connectivity index (χ2v) is 7.36. The molecule has 1 aromatic heterocycles. The molecule has 158 valence electrons. The van der Waals surface area contributed by atoms with Crippen molar-refractivity contribution in [3.8, 4) is 6.07 Å². The Balaban J connectivity index is 0.00000210. The maximum absolute atomic E-state index is 9.10. The maximum Gasteiger partial charge on any atom is 0.229 e. The summed E-state index contributed by atoms with van der Waals surface area (Å²) in [7, 11) is 0. The van der Waals surface area contributed by atoms with Gasteiger partial charge in [-0.05, 0) is 31.0 Å². The fourth-order valence-corrected chi connectivity index (χ4v) is 3.46. The van der Waals surface area contributed by atoms with Crippen molar-refractivity contribution in [3.05, 3.63) is 41.6 Å². The summed E-state index contributed by atoms with van der Waals surface area (Å²) in [5.41, 5.74) is 2.49. The Hall–Kier alpha value is -2.07. The van der Waals surface area contributed by atoms with Crippen molar-refractivity contribution in [1.82, 2.24) is 15.3 Å². The number of hydrogen-bond acceptors (Lipinski definition) is 6. The fourth-order valence-electron chi connectivity index (χ4n) is 3.46. The number of aromatic nitrogens is 2. The molecule has 1 aromatic carbocycles. The molecular weight excluding hydrogens is 407 g/mol. The molecule has 0 aliphatic carbocycles. The van der Waals surface area contributed by atoms with Crippen LogP contribution in [0.25, 0.3) is 0 Å². The van der Waals surface area contributed by atoms with Crippen LogP contribution in [-0.4, -0.2) is 35.1 Å². The molecule has 2 aromatic rings. The molecule has 2 heterocycles. The van der Waals surface area contributed by atoms with Crippen LogP contribution in [0.5, 0.6) is 0 Å². The van der Waals surface area contributed by atoms with Crippen molar-refractivity contribution in [2.24, 2.45) is 0 Å². The molecule has 1 saturated heterocycles. The van der Waals surface area contributed by atoms with E-state index in [9.17, 15) is 0 Å². The third kappa shape index (κ3) is 7.04. The quantitative estimate of drug-likeness (QED) is 0.666. The number of nitrogens with one attached hydrogen (secondary N) is 2. The van der Waals surface area contributed by atoms with Gasteiger partial charge in [-0.25, -0.2) is 4.98 Å².